The van der Waals surface area contributed by atoms with Crippen molar-refractivity contribution in [1.29, 1.82) is 0 Å². The maximum atomic E-state index is 10.6. The average Bonchev–Trinajstić information content (AvgIpc) is 2.46. The molecule has 3 nitrogen and oxygen atoms in total. The lowest BCUT2D eigenvalue weighted by Gasteiger charge is -2.17. The number of aliphatic hydroxyl groups is 1. The highest BCUT2D eigenvalue weighted by Gasteiger charge is 2.20. The molecule has 112 valence electrons. The van der Waals surface area contributed by atoms with Crippen LogP contribution in [0, 0.1) is 0 Å². The predicted molar refractivity (Wildman–Crippen MR) is 90.5 cm³/mol. The highest BCUT2D eigenvalue weighted by atomic mass is 79.9. The highest BCUT2D eigenvalue weighted by molar-refractivity contribution is 9.11. The van der Waals surface area contributed by atoms with Crippen LogP contribution in [0.15, 0.2) is 39.3 Å². The minimum atomic E-state index is -0.875. The van der Waals surface area contributed by atoms with E-state index in [0.717, 1.165) is 8.95 Å². The Morgan fingerprint density at radius 2 is 1.62 bits per heavy atom. The third-order valence-corrected chi connectivity index (χ3v) is 4.56. The van der Waals surface area contributed by atoms with Crippen LogP contribution < -0.4 is 9.47 Å². The Bertz CT molecular complexity index is 662. The lowest BCUT2D eigenvalue weighted by atomic mass is 10.0. The lowest BCUT2D eigenvalue weighted by molar-refractivity contribution is 0.219. The molecule has 1 atom stereocenters. The number of methoxy groups -OCH3 is 2. The van der Waals surface area contributed by atoms with Gasteiger partial charge in [0.15, 0.2) is 11.5 Å². The average molecular weight is 437 g/mol. The van der Waals surface area contributed by atoms with Gasteiger partial charge in [-0.05, 0) is 23.8 Å². The number of rotatable bonds is 4. The molecule has 0 fully saturated rings. The van der Waals surface area contributed by atoms with Crippen molar-refractivity contribution in [2.75, 3.05) is 14.2 Å². The van der Waals surface area contributed by atoms with Gasteiger partial charge >= 0.3 is 0 Å². The van der Waals surface area contributed by atoms with Gasteiger partial charge in [0.25, 0.3) is 0 Å². The first-order valence-electron chi connectivity index (χ1n) is 6.02. The summed E-state index contributed by atoms with van der Waals surface area (Å²) in [4.78, 5) is 0. The van der Waals surface area contributed by atoms with Crippen LogP contribution in [0.2, 0.25) is 5.02 Å². The van der Waals surface area contributed by atoms with Gasteiger partial charge in [0.2, 0.25) is 0 Å². The van der Waals surface area contributed by atoms with Gasteiger partial charge in [-0.2, -0.15) is 0 Å². The van der Waals surface area contributed by atoms with Gasteiger partial charge < -0.3 is 14.6 Å². The van der Waals surface area contributed by atoms with Gasteiger partial charge in [-0.25, -0.2) is 0 Å². The Labute approximate surface area is 145 Å². The van der Waals surface area contributed by atoms with Crippen LogP contribution in [0.1, 0.15) is 17.2 Å². The normalized spacial score (nSPS) is 12.1. The Morgan fingerprint density at radius 1 is 1.00 bits per heavy atom. The van der Waals surface area contributed by atoms with E-state index in [0.29, 0.717) is 27.6 Å². The van der Waals surface area contributed by atoms with E-state index in [-0.39, 0.29) is 0 Å². The van der Waals surface area contributed by atoms with Gasteiger partial charge in [-0.1, -0.05) is 49.5 Å². The van der Waals surface area contributed by atoms with Crippen molar-refractivity contribution in [2.45, 2.75) is 6.10 Å². The molecule has 0 aliphatic heterocycles. The van der Waals surface area contributed by atoms with Crippen LogP contribution in [0.5, 0.6) is 11.5 Å². The Morgan fingerprint density at radius 3 is 2.19 bits per heavy atom. The highest BCUT2D eigenvalue weighted by Crippen LogP contribution is 2.39. The van der Waals surface area contributed by atoms with Crippen molar-refractivity contribution >= 4 is 43.5 Å². The molecule has 0 bridgehead atoms. The SMILES string of the molecule is COc1cc(Cl)c(C(O)c2ccc(Br)cc2Br)cc1OC. The van der Waals surface area contributed by atoms with Crippen molar-refractivity contribution in [1.82, 2.24) is 0 Å². The third-order valence-electron chi connectivity index (χ3n) is 3.05. The van der Waals surface area contributed by atoms with Crippen molar-refractivity contribution in [3.05, 3.63) is 55.4 Å². The van der Waals surface area contributed by atoms with Crippen molar-refractivity contribution in [2.24, 2.45) is 0 Å². The van der Waals surface area contributed by atoms with Crippen LogP contribution in [0.4, 0.5) is 0 Å². The molecule has 0 amide bonds. The maximum absolute atomic E-state index is 10.6. The molecule has 0 heterocycles. The van der Waals surface area contributed by atoms with Crippen molar-refractivity contribution in [3.63, 3.8) is 0 Å². The van der Waals surface area contributed by atoms with Crippen LogP contribution >= 0.6 is 43.5 Å². The molecule has 0 saturated carbocycles. The summed E-state index contributed by atoms with van der Waals surface area (Å²) >= 11 is 13.1. The second-order valence-electron chi connectivity index (χ2n) is 4.30. The zero-order valence-corrected chi connectivity index (χ0v) is 15.3. The number of aliphatic hydroxyl groups excluding tert-OH is 1. The van der Waals surface area contributed by atoms with Crippen LogP contribution in [0.3, 0.4) is 0 Å². The van der Waals surface area contributed by atoms with Crippen molar-refractivity contribution < 1.29 is 14.6 Å². The van der Waals surface area contributed by atoms with Crippen LogP contribution in [-0.2, 0) is 0 Å². The molecular weight excluding hydrogens is 423 g/mol. The predicted octanol–water partition coefficient (Wildman–Crippen LogP) is 4.96. The zero-order chi connectivity index (χ0) is 15.6. The monoisotopic (exact) mass is 434 g/mol. The van der Waals surface area contributed by atoms with Crippen LogP contribution in [0.25, 0.3) is 0 Å². The molecule has 21 heavy (non-hydrogen) atoms. The van der Waals surface area contributed by atoms with E-state index in [1.54, 1.807) is 12.1 Å². The minimum absolute atomic E-state index is 0.412. The van der Waals surface area contributed by atoms with E-state index in [1.165, 1.54) is 14.2 Å². The zero-order valence-electron chi connectivity index (χ0n) is 11.4. The summed E-state index contributed by atoms with van der Waals surface area (Å²) in [5.41, 5.74) is 1.27. The molecule has 1 N–H and O–H groups in total. The third kappa shape index (κ3) is 3.54. The van der Waals surface area contributed by atoms with Gasteiger partial charge in [-0.15, -0.1) is 0 Å². The first kappa shape index (κ1) is 16.6. The second-order valence-corrected chi connectivity index (χ2v) is 6.47. The number of hydrogen-bond acceptors (Lipinski definition) is 3. The summed E-state index contributed by atoms with van der Waals surface area (Å²) in [6, 6.07) is 8.86. The number of halogens is 3. The van der Waals surface area contributed by atoms with Gasteiger partial charge in [0.1, 0.15) is 6.10 Å². The molecule has 2 rings (SSSR count). The summed E-state index contributed by atoms with van der Waals surface area (Å²) in [6.07, 6.45) is -0.875. The quantitative estimate of drug-likeness (QED) is 0.736. The molecule has 0 radical (unpaired) electrons. The molecule has 0 spiro atoms. The van der Waals surface area contributed by atoms with Crippen molar-refractivity contribution in [3.8, 4) is 11.5 Å². The molecule has 1 unspecified atom stereocenters. The molecule has 2 aromatic carbocycles. The van der Waals surface area contributed by atoms with E-state index in [1.807, 2.05) is 18.2 Å². The van der Waals surface area contributed by atoms with E-state index < -0.39 is 6.10 Å². The standard InChI is InChI=1S/C15H13Br2ClO3/c1-20-13-6-10(12(18)7-14(13)21-2)15(19)9-4-3-8(16)5-11(9)17/h3-7,15,19H,1-2H3. The molecular formula is C15H13Br2ClO3. The molecule has 6 heteroatoms. The van der Waals surface area contributed by atoms with Gasteiger partial charge in [0, 0.05) is 20.6 Å². The van der Waals surface area contributed by atoms with Gasteiger partial charge in [-0.3, -0.25) is 0 Å². The van der Waals surface area contributed by atoms with E-state index in [9.17, 15) is 5.11 Å². The molecule has 0 aromatic heterocycles. The maximum Gasteiger partial charge on any atom is 0.162 e. The fourth-order valence-corrected chi connectivity index (χ4v) is 3.49. The molecule has 0 saturated heterocycles. The number of ether oxygens (including phenoxy) is 2. The summed E-state index contributed by atoms with van der Waals surface area (Å²) in [5.74, 6) is 1.04. The molecule has 2 aromatic rings. The van der Waals surface area contributed by atoms with E-state index in [2.05, 4.69) is 31.9 Å². The number of hydrogen-bond donors (Lipinski definition) is 1. The van der Waals surface area contributed by atoms with E-state index >= 15 is 0 Å². The van der Waals surface area contributed by atoms with E-state index in [4.69, 9.17) is 21.1 Å². The number of benzene rings is 2. The van der Waals surface area contributed by atoms with Crippen LogP contribution in [-0.4, -0.2) is 19.3 Å². The lowest BCUT2D eigenvalue weighted by Crippen LogP contribution is -2.03. The fourth-order valence-electron chi connectivity index (χ4n) is 1.97. The summed E-state index contributed by atoms with van der Waals surface area (Å²) in [7, 11) is 3.08. The van der Waals surface area contributed by atoms with Gasteiger partial charge in [0.05, 0.1) is 19.2 Å². The Kier molecular flexibility index (Phi) is 5.54. The topological polar surface area (TPSA) is 38.7 Å². The summed E-state index contributed by atoms with van der Waals surface area (Å²) in [5, 5.41) is 11.0. The Balaban J connectivity index is 2.50. The second kappa shape index (κ2) is 7.01. The first-order chi connectivity index (χ1) is 9.97. The fraction of sp³-hybridized carbons (Fsp3) is 0.200. The summed E-state index contributed by atoms with van der Waals surface area (Å²) < 4.78 is 12.2. The minimum Gasteiger partial charge on any atom is -0.493 e. The summed E-state index contributed by atoms with van der Waals surface area (Å²) in [6.45, 7) is 0. The first-order valence-corrected chi connectivity index (χ1v) is 7.98. The largest absolute Gasteiger partial charge is 0.493 e. The Hall–Kier alpha value is -0.750. The molecule has 0 aliphatic rings. The molecule has 0 aliphatic carbocycles. The smallest absolute Gasteiger partial charge is 0.162 e.